The summed E-state index contributed by atoms with van der Waals surface area (Å²) in [6.07, 6.45) is 1.70. The molecule has 3 aromatic rings. The van der Waals surface area contributed by atoms with Crippen molar-refractivity contribution < 1.29 is 14.1 Å². The summed E-state index contributed by atoms with van der Waals surface area (Å²) in [5.41, 5.74) is 1.75. The van der Waals surface area contributed by atoms with Crippen molar-refractivity contribution in [2.75, 3.05) is 19.6 Å². The molecule has 1 aliphatic rings. The minimum Gasteiger partial charge on any atom is -0.341 e. The molecule has 1 unspecified atom stereocenters. The lowest BCUT2D eigenvalue weighted by Gasteiger charge is -2.27. The number of carbonyl (C=O) groups excluding carboxylic acids is 2. The lowest BCUT2D eigenvalue weighted by molar-refractivity contribution is -0.131. The van der Waals surface area contributed by atoms with Gasteiger partial charge in [0, 0.05) is 31.6 Å². The van der Waals surface area contributed by atoms with Crippen molar-refractivity contribution in [1.29, 1.82) is 0 Å². The zero-order valence-electron chi connectivity index (χ0n) is 17.6. The summed E-state index contributed by atoms with van der Waals surface area (Å²) in [6.45, 7) is 3.19. The third-order valence-corrected chi connectivity index (χ3v) is 5.59. The third-order valence-electron chi connectivity index (χ3n) is 5.59. The quantitative estimate of drug-likeness (QED) is 0.634. The summed E-state index contributed by atoms with van der Waals surface area (Å²) in [4.78, 5) is 34.1. The van der Waals surface area contributed by atoms with Crippen LogP contribution in [0.25, 0.3) is 0 Å². The monoisotopic (exact) mass is 418 g/mol. The average Bonchev–Trinajstić information content (AvgIpc) is 3.12. The smallest absolute Gasteiger partial charge is 0.254 e. The van der Waals surface area contributed by atoms with Crippen LogP contribution in [0.1, 0.15) is 46.5 Å². The van der Waals surface area contributed by atoms with Crippen molar-refractivity contribution in [2.45, 2.75) is 32.2 Å². The van der Waals surface area contributed by atoms with E-state index in [0.717, 1.165) is 5.56 Å². The number of aromatic nitrogens is 2. The molecule has 7 nitrogen and oxygen atoms in total. The van der Waals surface area contributed by atoms with E-state index in [4.69, 9.17) is 4.52 Å². The highest BCUT2D eigenvalue weighted by Gasteiger charge is 2.34. The van der Waals surface area contributed by atoms with E-state index in [2.05, 4.69) is 10.1 Å². The number of benzene rings is 2. The highest BCUT2D eigenvalue weighted by Crippen LogP contribution is 2.28. The van der Waals surface area contributed by atoms with Crippen LogP contribution in [-0.4, -0.2) is 51.4 Å². The molecule has 0 spiro atoms. The zero-order chi connectivity index (χ0) is 21.6. The van der Waals surface area contributed by atoms with Crippen molar-refractivity contribution in [3.63, 3.8) is 0 Å². The number of hydrogen-bond acceptors (Lipinski definition) is 5. The van der Waals surface area contributed by atoms with Crippen molar-refractivity contribution in [1.82, 2.24) is 19.9 Å². The molecule has 0 aliphatic carbocycles. The van der Waals surface area contributed by atoms with Crippen LogP contribution >= 0.6 is 0 Å². The molecule has 1 aliphatic heterocycles. The Morgan fingerprint density at radius 1 is 1.00 bits per heavy atom. The van der Waals surface area contributed by atoms with Crippen molar-refractivity contribution in [3.8, 4) is 0 Å². The topological polar surface area (TPSA) is 79.5 Å². The van der Waals surface area contributed by atoms with Gasteiger partial charge < -0.3 is 14.3 Å². The first-order chi connectivity index (χ1) is 15.1. The molecule has 1 saturated heterocycles. The fourth-order valence-electron chi connectivity index (χ4n) is 3.93. The summed E-state index contributed by atoms with van der Waals surface area (Å²) in [5.74, 6) is 0.945. The normalized spacial score (nSPS) is 16.7. The van der Waals surface area contributed by atoms with E-state index in [9.17, 15) is 9.59 Å². The molecule has 2 amide bonds. The number of hydrogen-bond donors (Lipinski definition) is 0. The van der Waals surface area contributed by atoms with Crippen LogP contribution in [0.15, 0.2) is 65.2 Å². The first kappa shape index (κ1) is 20.8. The van der Waals surface area contributed by atoms with Crippen LogP contribution in [-0.2, 0) is 11.2 Å². The molecule has 1 aromatic heterocycles. The van der Waals surface area contributed by atoms with Gasteiger partial charge in [-0.1, -0.05) is 53.7 Å². The SMILES string of the molecule is Cc1noc(C2CCN(C(=O)CCc3ccccc3)CCN2C(=O)c2ccccc2)n1. The number of aryl methyl sites for hydroxylation is 2. The lowest BCUT2D eigenvalue weighted by atomic mass is 10.1. The number of rotatable bonds is 5. The molecule has 7 heteroatoms. The van der Waals surface area contributed by atoms with Crippen LogP contribution in [0.3, 0.4) is 0 Å². The van der Waals surface area contributed by atoms with Gasteiger partial charge in [-0.2, -0.15) is 4.98 Å². The van der Waals surface area contributed by atoms with Gasteiger partial charge in [0.2, 0.25) is 11.8 Å². The van der Waals surface area contributed by atoms with Crippen LogP contribution < -0.4 is 0 Å². The minimum absolute atomic E-state index is 0.0957. The molecular formula is C24H26N4O3. The van der Waals surface area contributed by atoms with Crippen LogP contribution in [0.2, 0.25) is 0 Å². The van der Waals surface area contributed by atoms with Crippen molar-refractivity contribution in [3.05, 3.63) is 83.5 Å². The average molecular weight is 418 g/mol. The Morgan fingerprint density at radius 2 is 1.71 bits per heavy atom. The molecule has 0 radical (unpaired) electrons. The predicted octanol–water partition coefficient (Wildman–Crippen LogP) is 3.43. The maximum absolute atomic E-state index is 13.3. The number of amides is 2. The van der Waals surface area contributed by atoms with E-state index in [0.29, 0.717) is 56.2 Å². The van der Waals surface area contributed by atoms with Gasteiger partial charge in [0.05, 0.1) is 0 Å². The van der Waals surface area contributed by atoms with Crippen molar-refractivity contribution >= 4 is 11.8 Å². The number of nitrogens with zero attached hydrogens (tertiary/aromatic N) is 4. The van der Waals surface area contributed by atoms with E-state index in [-0.39, 0.29) is 17.9 Å². The maximum atomic E-state index is 13.3. The van der Waals surface area contributed by atoms with Gasteiger partial charge in [-0.05, 0) is 37.5 Å². The van der Waals surface area contributed by atoms with Gasteiger partial charge in [0.25, 0.3) is 5.91 Å². The molecule has 4 rings (SSSR count). The summed E-state index contributed by atoms with van der Waals surface area (Å²) >= 11 is 0. The van der Waals surface area contributed by atoms with Gasteiger partial charge in [-0.3, -0.25) is 9.59 Å². The molecule has 0 N–H and O–H groups in total. The number of carbonyl (C=O) groups is 2. The Morgan fingerprint density at radius 3 is 2.39 bits per heavy atom. The summed E-state index contributed by atoms with van der Waals surface area (Å²) in [7, 11) is 0. The molecule has 0 bridgehead atoms. The Balaban J connectivity index is 1.50. The molecule has 1 fully saturated rings. The van der Waals surface area contributed by atoms with Gasteiger partial charge >= 0.3 is 0 Å². The van der Waals surface area contributed by atoms with Gasteiger partial charge in [-0.15, -0.1) is 0 Å². The third kappa shape index (κ3) is 4.99. The fraction of sp³-hybridized carbons (Fsp3) is 0.333. The fourth-order valence-corrected chi connectivity index (χ4v) is 3.93. The molecule has 160 valence electrons. The highest BCUT2D eigenvalue weighted by molar-refractivity contribution is 5.94. The summed E-state index contributed by atoms with van der Waals surface area (Å²) in [6, 6.07) is 18.8. The molecule has 0 saturated carbocycles. The Hall–Kier alpha value is -3.48. The zero-order valence-corrected chi connectivity index (χ0v) is 17.6. The van der Waals surface area contributed by atoms with Gasteiger partial charge in [0.15, 0.2) is 5.82 Å². The van der Waals surface area contributed by atoms with Gasteiger partial charge in [0.1, 0.15) is 6.04 Å². The van der Waals surface area contributed by atoms with Crippen LogP contribution in [0.4, 0.5) is 0 Å². The Bertz CT molecular complexity index is 1020. The predicted molar refractivity (Wildman–Crippen MR) is 115 cm³/mol. The van der Waals surface area contributed by atoms with E-state index in [1.165, 1.54) is 0 Å². The summed E-state index contributed by atoms with van der Waals surface area (Å²) < 4.78 is 5.42. The second-order valence-corrected chi connectivity index (χ2v) is 7.72. The molecule has 2 heterocycles. The minimum atomic E-state index is -0.360. The van der Waals surface area contributed by atoms with Crippen LogP contribution in [0, 0.1) is 6.92 Å². The molecule has 2 aromatic carbocycles. The molecule has 1 atom stereocenters. The van der Waals surface area contributed by atoms with Crippen molar-refractivity contribution in [2.24, 2.45) is 0 Å². The Kier molecular flexibility index (Phi) is 6.40. The summed E-state index contributed by atoms with van der Waals surface area (Å²) in [5, 5.41) is 3.90. The van der Waals surface area contributed by atoms with E-state index >= 15 is 0 Å². The van der Waals surface area contributed by atoms with E-state index in [1.54, 1.807) is 24.0 Å². The van der Waals surface area contributed by atoms with Gasteiger partial charge in [-0.25, -0.2) is 0 Å². The lowest BCUT2D eigenvalue weighted by Crippen LogP contribution is -2.38. The van der Waals surface area contributed by atoms with E-state index < -0.39 is 0 Å². The molecule has 31 heavy (non-hydrogen) atoms. The second-order valence-electron chi connectivity index (χ2n) is 7.72. The first-order valence-electron chi connectivity index (χ1n) is 10.6. The molecular weight excluding hydrogens is 392 g/mol. The maximum Gasteiger partial charge on any atom is 0.254 e. The Labute approximate surface area is 181 Å². The standard InChI is InChI=1S/C24H26N4O3/c1-18-25-23(31-26-18)21-14-15-27(22(29)13-12-19-8-4-2-5-9-19)16-17-28(21)24(30)20-10-6-3-7-11-20/h2-11,21H,12-17H2,1H3. The largest absolute Gasteiger partial charge is 0.341 e. The second kappa shape index (κ2) is 9.55. The highest BCUT2D eigenvalue weighted by atomic mass is 16.5. The van der Waals surface area contributed by atoms with E-state index in [1.807, 2.05) is 53.4 Å². The first-order valence-corrected chi connectivity index (χ1v) is 10.6. The van der Waals surface area contributed by atoms with Crippen LogP contribution in [0.5, 0.6) is 0 Å².